The van der Waals surface area contributed by atoms with Crippen molar-refractivity contribution < 1.29 is 24.1 Å². The molecule has 248 valence electrons. The lowest BCUT2D eigenvalue weighted by molar-refractivity contribution is -0.235. The minimum Gasteiger partial charge on any atom is -0.395 e. The van der Waals surface area contributed by atoms with E-state index in [1.807, 2.05) is 91.0 Å². The van der Waals surface area contributed by atoms with Gasteiger partial charge in [0.1, 0.15) is 18.3 Å². The second-order valence-corrected chi connectivity index (χ2v) is 12.3. The first-order valence-corrected chi connectivity index (χ1v) is 16.8. The largest absolute Gasteiger partial charge is 0.395 e. The maximum atomic E-state index is 11.2. The van der Waals surface area contributed by atoms with Crippen LogP contribution in [0, 0.1) is 0 Å². The summed E-state index contributed by atoms with van der Waals surface area (Å²) in [7, 11) is 0. The van der Waals surface area contributed by atoms with Crippen LogP contribution in [0.5, 0.6) is 0 Å². The summed E-state index contributed by atoms with van der Waals surface area (Å²) in [4.78, 5) is 2.31. The van der Waals surface area contributed by atoms with Gasteiger partial charge in [-0.15, -0.1) is 0 Å². The van der Waals surface area contributed by atoms with Gasteiger partial charge >= 0.3 is 0 Å². The summed E-state index contributed by atoms with van der Waals surface area (Å²) in [5.41, 5.74) is 5.43. The fraction of sp³-hybridized carbons (Fsp3) is 0.286. The number of benzene rings is 5. The standard InChI is InChI=1S/C42H45NO5/c44-27-38-40(46-29-35-20-10-3-11-21-35)42(48-31-37-24-14-5-15-25-37)41(47-30-36-22-12-4-13-23-36)39(32-45-28-34-18-8-2-9-19-34)43(38)26-33-16-6-1-7-17-33/h1-25,38-42,44H,26-32H2/t38-,39-,40+,41+,42+/m0/s1. The first-order chi connectivity index (χ1) is 23.8. The molecule has 1 fully saturated rings. The van der Waals surface area contributed by atoms with Crippen LogP contribution in [-0.4, -0.2) is 53.6 Å². The van der Waals surface area contributed by atoms with E-state index in [1.165, 1.54) is 0 Å². The van der Waals surface area contributed by atoms with Crippen molar-refractivity contribution in [2.45, 2.75) is 63.4 Å². The van der Waals surface area contributed by atoms with Gasteiger partial charge in [0, 0.05) is 6.54 Å². The molecule has 0 radical (unpaired) electrons. The molecule has 5 atom stereocenters. The van der Waals surface area contributed by atoms with Gasteiger partial charge < -0.3 is 24.1 Å². The highest BCUT2D eigenvalue weighted by Crippen LogP contribution is 2.34. The van der Waals surface area contributed by atoms with Crippen molar-refractivity contribution in [3.63, 3.8) is 0 Å². The number of rotatable bonds is 16. The van der Waals surface area contributed by atoms with Crippen LogP contribution in [0.15, 0.2) is 152 Å². The quantitative estimate of drug-likeness (QED) is 0.123. The number of hydrogen-bond acceptors (Lipinski definition) is 6. The summed E-state index contributed by atoms with van der Waals surface area (Å²) >= 11 is 0. The van der Waals surface area contributed by atoms with Crippen molar-refractivity contribution in [2.75, 3.05) is 13.2 Å². The van der Waals surface area contributed by atoms with Gasteiger partial charge in [0.05, 0.1) is 51.7 Å². The Balaban J connectivity index is 1.37. The van der Waals surface area contributed by atoms with Crippen LogP contribution >= 0.6 is 0 Å². The lowest BCUT2D eigenvalue weighted by Gasteiger charge is -2.52. The van der Waals surface area contributed by atoms with Crippen molar-refractivity contribution in [3.05, 3.63) is 179 Å². The topological polar surface area (TPSA) is 60.4 Å². The molecule has 1 N–H and O–H groups in total. The zero-order valence-corrected chi connectivity index (χ0v) is 27.3. The van der Waals surface area contributed by atoms with E-state index in [2.05, 4.69) is 65.6 Å². The van der Waals surface area contributed by atoms with E-state index in [9.17, 15) is 5.11 Å². The summed E-state index contributed by atoms with van der Waals surface area (Å²) < 4.78 is 27.1. The van der Waals surface area contributed by atoms with Crippen LogP contribution in [-0.2, 0) is 51.9 Å². The molecule has 0 unspecified atom stereocenters. The minimum atomic E-state index is -0.493. The second-order valence-electron chi connectivity index (χ2n) is 12.3. The molecule has 6 nitrogen and oxygen atoms in total. The molecule has 0 bridgehead atoms. The molecule has 5 aromatic carbocycles. The predicted octanol–water partition coefficient (Wildman–Crippen LogP) is 7.20. The Morgan fingerprint density at radius 1 is 0.417 bits per heavy atom. The molecule has 1 saturated heterocycles. The third kappa shape index (κ3) is 9.26. The Morgan fingerprint density at radius 3 is 1.19 bits per heavy atom. The Bertz CT molecular complexity index is 1590. The predicted molar refractivity (Wildman–Crippen MR) is 188 cm³/mol. The zero-order chi connectivity index (χ0) is 32.8. The van der Waals surface area contributed by atoms with Crippen LogP contribution in [0.1, 0.15) is 27.8 Å². The number of piperidine rings is 1. The Kier molecular flexibility index (Phi) is 12.6. The molecule has 0 saturated carbocycles. The monoisotopic (exact) mass is 643 g/mol. The first kappa shape index (κ1) is 33.7. The number of hydrogen-bond donors (Lipinski definition) is 1. The molecular weight excluding hydrogens is 598 g/mol. The smallest absolute Gasteiger partial charge is 0.113 e. The summed E-state index contributed by atoms with van der Waals surface area (Å²) in [6.07, 6.45) is -1.42. The van der Waals surface area contributed by atoms with Gasteiger partial charge in [0.15, 0.2) is 0 Å². The van der Waals surface area contributed by atoms with Gasteiger partial charge in [-0.05, 0) is 27.8 Å². The highest BCUT2D eigenvalue weighted by Gasteiger charge is 2.51. The molecule has 5 aromatic rings. The lowest BCUT2D eigenvalue weighted by atomic mass is 9.86. The molecule has 0 spiro atoms. The van der Waals surface area contributed by atoms with Crippen LogP contribution < -0.4 is 0 Å². The number of aliphatic hydroxyl groups is 1. The van der Waals surface area contributed by atoms with Gasteiger partial charge in [0.25, 0.3) is 0 Å². The molecule has 1 aliphatic heterocycles. The average Bonchev–Trinajstić information content (AvgIpc) is 3.15. The molecule has 48 heavy (non-hydrogen) atoms. The van der Waals surface area contributed by atoms with Crippen molar-refractivity contribution in [1.29, 1.82) is 0 Å². The average molecular weight is 644 g/mol. The fourth-order valence-corrected chi connectivity index (χ4v) is 6.45. The van der Waals surface area contributed by atoms with Crippen LogP contribution in [0.25, 0.3) is 0 Å². The number of aliphatic hydroxyl groups excluding tert-OH is 1. The van der Waals surface area contributed by atoms with Crippen molar-refractivity contribution in [3.8, 4) is 0 Å². The van der Waals surface area contributed by atoms with E-state index in [1.54, 1.807) is 0 Å². The molecule has 0 aliphatic carbocycles. The van der Waals surface area contributed by atoms with E-state index in [0.29, 0.717) is 39.6 Å². The Labute approximate surface area is 284 Å². The number of nitrogens with zero attached hydrogens (tertiary/aromatic N) is 1. The van der Waals surface area contributed by atoms with Crippen LogP contribution in [0.3, 0.4) is 0 Å². The molecule has 6 heteroatoms. The highest BCUT2D eigenvalue weighted by molar-refractivity contribution is 5.19. The van der Waals surface area contributed by atoms with Gasteiger partial charge in [-0.25, -0.2) is 0 Å². The van der Waals surface area contributed by atoms with Gasteiger partial charge in [-0.2, -0.15) is 0 Å². The van der Waals surface area contributed by atoms with E-state index in [4.69, 9.17) is 18.9 Å². The summed E-state index contributed by atoms with van der Waals surface area (Å²) in [6.45, 7) is 2.50. The van der Waals surface area contributed by atoms with Crippen LogP contribution in [0.4, 0.5) is 0 Å². The van der Waals surface area contributed by atoms with Gasteiger partial charge in [-0.1, -0.05) is 152 Å². The molecular formula is C42H45NO5. The third-order valence-electron chi connectivity index (χ3n) is 8.91. The second kappa shape index (κ2) is 17.9. The Hall–Kier alpha value is -4.14. The van der Waals surface area contributed by atoms with Crippen molar-refractivity contribution in [2.24, 2.45) is 0 Å². The summed E-state index contributed by atoms with van der Waals surface area (Å²) in [5.74, 6) is 0. The maximum Gasteiger partial charge on any atom is 0.113 e. The van der Waals surface area contributed by atoms with Crippen molar-refractivity contribution in [1.82, 2.24) is 4.90 Å². The number of likely N-dealkylation sites (tertiary alicyclic amines) is 1. The SMILES string of the molecule is OC[C@H]1[C@@H](OCc2ccccc2)[C@@H](OCc2ccccc2)[C@H](OCc2ccccc2)[C@H](COCc2ccccc2)N1Cc1ccccc1. The van der Waals surface area contributed by atoms with E-state index in [-0.39, 0.29) is 18.7 Å². The molecule has 1 heterocycles. The van der Waals surface area contributed by atoms with E-state index in [0.717, 1.165) is 27.8 Å². The lowest BCUT2D eigenvalue weighted by Crippen LogP contribution is -2.69. The zero-order valence-electron chi connectivity index (χ0n) is 27.3. The number of ether oxygens (including phenoxy) is 4. The molecule has 6 rings (SSSR count). The summed E-state index contributed by atoms with van der Waals surface area (Å²) in [6, 6.07) is 50.5. The molecule has 1 aliphatic rings. The Morgan fingerprint density at radius 2 is 0.771 bits per heavy atom. The summed E-state index contributed by atoms with van der Waals surface area (Å²) in [5, 5.41) is 11.2. The van der Waals surface area contributed by atoms with Gasteiger partial charge in [0.2, 0.25) is 0 Å². The minimum absolute atomic E-state index is 0.113. The van der Waals surface area contributed by atoms with Crippen LogP contribution in [0.2, 0.25) is 0 Å². The van der Waals surface area contributed by atoms with Gasteiger partial charge in [-0.3, -0.25) is 4.90 Å². The maximum absolute atomic E-state index is 11.2. The molecule has 0 amide bonds. The molecule has 0 aromatic heterocycles. The normalized spacial score (nSPS) is 21.2. The van der Waals surface area contributed by atoms with E-state index >= 15 is 0 Å². The first-order valence-electron chi connectivity index (χ1n) is 16.8. The van der Waals surface area contributed by atoms with Crippen molar-refractivity contribution >= 4 is 0 Å². The van der Waals surface area contributed by atoms with E-state index < -0.39 is 18.3 Å². The third-order valence-corrected chi connectivity index (χ3v) is 8.91. The fourth-order valence-electron chi connectivity index (χ4n) is 6.45. The highest BCUT2D eigenvalue weighted by atomic mass is 16.6.